The summed E-state index contributed by atoms with van der Waals surface area (Å²) < 4.78 is 5.17. The van der Waals surface area contributed by atoms with Gasteiger partial charge in [0.2, 0.25) is 6.19 Å². The molecular weight excluding hydrogens is 128 g/mol. The van der Waals surface area contributed by atoms with Crippen LogP contribution in [0.2, 0.25) is 0 Å². The highest BCUT2D eigenvalue weighted by atomic mass is 16.5. The molecule has 0 aliphatic rings. The number of nitriles is 1. The largest absolute Gasteiger partial charge is 0.478 e. The lowest BCUT2D eigenvalue weighted by Gasteiger charge is -2.08. The van der Waals surface area contributed by atoms with Gasteiger partial charge in [-0.1, -0.05) is 6.92 Å². The topological polar surface area (TPSA) is 45.4 Å². The molecule has 0 aromatic heterocycles. The summed E-state index contributed by atoms with van der Waals surface area (Å²) in [6, 6.07) is 0. The minimum Gasteiger partial charge on any atom is -0.478 e. The Balaban J connectivity index is 3.86. The van der Waals surface area contributed by atoms with E-state index in [9.17, 15) is 0 Å². The molecule has 0 heterocycles. The van der Waals surface area contributed by atoms with Crippen LogP contribution in [0.1, 0.15) is 27.2 Å². The van der Waals surface area contributed by atoms with Crippen LogP contribution in [-0.2, 0) is 4.74 Å². The minimum atomic E-state index is 0.104. The van der Waals surface area contributed by atoms with Crippen LogP contribution in [0.4, 0.5) is 0 Å². The van der Waals surface area contributed by atoms with Gasteiger partial charge in [-0.3, -0.25) is 0 Å². The Labute approximate surface area is 61.3 Å². The lowest BCUT2D eigenvalue weighted by atomic mass is 10.4. The van der Waals surface area contributed by atoms with Crippen molar-refractivity contribution >= 4 is 5.90 Å². The molecule has 0 bridgehead atoms. The summed E-state index contributed by atoms with van der Waals surface area (Å²) >= 11 is 0. The molecule has 3 nitrogen and oxygen atoms in total. The molecule has 0 spiro atoms. The van der Waals surface area contributed by atoms with Gasteiger partial charge in [0, 0.05) is 6.42 Å². The molecule has 0 fully saturated rings. The molecule has 0 aromatic rings. The summed E-state index contributed by atoms with van der Waals surface area (Å²) in [5.74, 6) is 0.512. The molecule has 0 rings (SSSR count). The molecule has 0 N–H and O–H groups in total. The SMILES string of the molecule is CCC(=NC#N)OC(C)C. The third-order valence-corrected chi connectivity index (χ3v) is 0.849. The lowest BCUT2D eigenvalue weighted by Crippen LogP contribution is -2.09. The van der Waals surface area contributed by atoms with E-state index < -0.39 is 0 Å². The van der Waals surface area contributed by atoms with Crippen LogP contribution < -0.4 is 0 Å². The van der Waals surface area contributed by atoms with Crippen molar-refractivity contribution in [1.29, 1.82) is 5.26 Å². The van der Waals surface area contributed by atoms with E-state index in [0.717, 1.165) is 0 Å². The number of nitrogens with zero attached hydrogens (tertiary/aromatic N) is 2. The van der Waals surface area contributed by atoms with E-state index in [-0.39, 0.29) is 6.10 Å². The van der Waals surface area contributed by atoms with Crippen molar-refractivity contribution in [3.8, 4) is 6.19 Å². The molecule has 10 heavy (non-hydrogen) atoms. The van der Waals surface area contributed by atoms with E-state index in [4.69, 9.17) is 10.00 Å². The zero-order valence-corrected chi connectivity index (χ0v) is 6.59. The number of hydrogen-bond donors (Lipinski definition) is 0. The van der Waals surface area contributed by atoms with Crippen molar-refractivity contribution < 1.29 is 4.74 Å². The van der Waals surface area contributed by atoms with E-state index in [1.807, 2.05) is 20.8 Å². The second-order valence-electron chi connectivity index (χ2n) is 2.13. The Hall–Kier alpha value is -1.04. The number of rotatable bonds is 2. The van der Waals surface area contributed by atoms with Crippen LogP contribution in [0.3, 0.4) is 0 Å². The highest BCUT2D eigenvalue weighted by Crippen LogP contribution is 1.94. The van der Waals surface area contributed by atoms with Crippen molar-refractivity contribution in [2.45, 2.75) is 33.3 Å². The van der Waals surface area contributed by atoms with Gasteiger partial charge in [0.05, 0.1) is 6.10 Å². The Bertz CT molecular complexity index is 155. The van der Waals surface area contributed by atoms with Gasteiger partial charge in [-0.05, 0) is 13.8 Å². The number of aliphatic imine (C=N–C) groups is 1. The summed E-state index contributed by atoms with van der Waals surface area (Å²) in [5.41, 5.74) is 0. The van der Waals surface area contributed by atoms with Gasteiger partial charge in [-0.2, -0.15) is 5.26 Å². The van der Waals surface area contributed by atoms with Gasteiger partial charge in [-0.25, -0.2) is 0 Å². The van der Waals surface area contributed by atoms with Gasteiger partial charge in [0.1, 0.15) is 0 Å². The highest BCUT2D eigenvalue weighted by Gasteiger charge is 1.98. The monoisotopic (exact) mass is 140 g/mol. The first-order valence-corrected chi connectivity index (χ1v) is 3.33. The van der Waals surface area contributed by atoms with Gasteiger partial charge in [0.15, 0.2) is 5.90 Å². The smallest absolute Gasteiger partial charge is 0.208 e. The first kappa shape index (κ1) is 8.96. The minimum absolute atomic E-state index is 0.104. The van der Waals surface area contributed by atoms with Gasteiger partial charge in [0.25, 0.3) is 0 Å². The molecule has 0 saturated carbocycles. The van der Waals surface area contributed by atoms with Crippen LogP contribution in [-0.4, -0.2) is 12.0 Å². The van der Waals surface area contributed by atoms with Gasteiger partial charge in [-0.15, -0.1) is 4.99 Å². The molecular formula is C7H12N2O. The van der Waals surface area contributed by atoms with Crippen LogP contribution in [0.15, 0.2) is 4.99 Å². The van der Waals surface area contributed by atoms with Crippen LogP contribution >= 0.6 is 0 Å². The predicted octanol–water partition coefficient (Wildman–Crippen LogP) is 1.70. The van der Waals surface area contributed by atoms with E-state index in [1.165, 1.54) is 0 Å². The zero-order chi connectivity index (χ0) is 7.98. The maximum absolute atomic E-state index is 8.16. The normalized spacial score (nSPS) is 11.3. The van der Waals surface area contributed by atoms with Crippen molar-refractivity contribution in [3.63, 3.8) is 0 Å². The lowest BCUT2D eigenvalue weighted by molar-refractivity contribution is 0.222. The molecule has 0 unspecified atom stereocenters. The van der Waals surface area contributed by atoms with Crippen molar-refractivity contribution in [1.82, 2.24) is 0 Å². The fraction of sp³-hybridized carbons (Fsp3) is 0.714. The second-order valence-corrected chi connectivity index (χ2v) is 2.13. The highest BCUT2D eigenvalue weighted by molar-refractivity contribution is 5.76. The number of ether oxygens (including phenoxy) is 1. The Morgan fingerprint density at radius 3 is 2.60 bits per heavy atom. The zero-order valence-electron chi connectivity index (χ0n) is 6.59. The second kappa shape index (κ2) is 4.80. The predicted molar refractivity (Wildman–Crippen MR) is 39.6 cm³/mol. The van der Waals surface area contributed by atoms with Crippen molar-refractivity contribution in [2.24, 2.45) is 4.99 Å². The van der Waals surface area contributed by atoms with Gasteiger partial charge >= 0.3 is 0 Å². The van der Waals surface area contributed by atoms with Gasteiger partial charge < -0.3 is 4.74 Å². The van der Waals surface area contributed by atoms with E-state index in [1.54, 1.807) is 6.19 Å². The summed E-state index contributed by atoms with van der Waals surface area (Å²) in [4.78, 5) is 3.48. The van der Waals surface area contributed by atoms with E-state index in [0.29, 0.717) is 12.3 Å². The van der Waals surface area contributed by atoms with Crippen molar-refractivity contribution in [2.75, 3.05) is 0 Å². The fourth-order valence-electron chi connectivity index (χ4n) is 0.517. The molecule has 0 aliphatic heterocycles. The molecule has 0 saturated heterocycles. The van der Waals surface area contributed by atoms with Crippen LogP contribution in [0.5, 0.6) is 0 Å². The molecule has 0 amide bonds. The Morgan fingerprint density at radius 2 is 2.30 bits per heavy atom. The molecule has 0 atom stereocenters. The summed E-state index contributed by atoms with van der Waals surface area (Å²) in [6.07, 6.45) is 2.46. The van der Waals surface area contributed by atoms with Crippen LogP contribution in [0.25, 0.3) is 0 Å². The average molecular weight is 140 g/mol. The first-order valence-electron chi connectivity index (χ1n) is 3.33. The van der Waals surface area contributed by atoms with Crippen molar-refractivity contribution in [3.05, 3.63) is 0 Å². The molecule has 56 valence electrons. The summed E-state index contributed by atoms with van der Waals surface area (Å²) in [6.45, 7) is 5.71. The standard InChI is InChI=1S/C7H12N2O/c1-4-7(9-5-8)10-6(2)3/h6H,4H2,1-3H3. The van der Waals surface area contributed by atoms with E-state index >= 15 is 0 Å². The van der Waals surface area contributed by atoms with E-state index in [2.05, 4.69) is 4.99 Å². The molecule has 0 radical (unpaired) electrons. The maximum atomic E-state index is 8.16. The summed E-state index contributed by atoms with van der Waals surface area (Å²) in [7, 11) is 0. The fourth-order valence-corrected chi connectivity index (χ4v) is 0.517. The third kappa shape index (κ3) is 3.90. The molecule has 0 aliphatic carbocycles. The third-order valence-electron chi connectivity index (χ3n) is 0.849. The molecule has 0 aromatic carbocycles. The average Bonchev–Trinajstić information content (AvgIpc) is 1.86. The first-order chi connectivity index (χ1) is 4.70. The maximum Gasteiger partial charge on any atom is 0.208 e. The van der Waals surface area contributed by atoms with Crippen LogP contribution in [0, 0.1) is 11.5 Å². The quantitative estimate of drug-likeness (QED) is 0.333. The Kier molecular flexibility index (Phi) is 4.30. The Morgan fingerprint density at radius 1 is 1.70 bits per heavy atom. The summed E-state index contributed by atoms with van der Waals surface area (Å²) in [5, 5.41) is 8.16. The number of hydrogen-bond acceptors (Lipinski definition) is 3. The molecule has 3 heteroatoms.